The molecule has 3 rings (SSSR count). The molecule has 0 spiro atoms. The molecule has 0 saturated carbocycles. The quantitative estimate of drug-likeness (QED) is 0.925. The standard InChI is InChI=1S/C18H19F2N3O2/c1-23(17(24)22-16-11-25-12-18(16,19)20)10-14-7-8-21-9-15(14)13-5-3-2-4-6-13/h2-9,16H,10-12H2,1H3,(H,22,24)/t16-/m1/s1. The molecule has 1 atom stereocenters. The van der Waals surface area contributed by atoms with Crippen LogP contribution in [0.25, 0.3) is 11.1 Å². The SMILES string of the molecule is CN(Cc1ccncc1-c1ccccc1)C(=O)N[C@@H]1COCC1(F)F. The summed E-state index contributed by atoms with van der Waals surface area (Å²) in [5.41, 5.74) is 2.76. The lowest BCUT2D eigenvalue weighted by Crippen LogP contribution is -2.50. The highest BCUT2D eigenvalue weighted by Crippen LogP contribution is 2.26. The van der Waals surface area contributed by atoms with Gasteiger partial charge in [-0.05, 0) is 17.2 Å². The first-order chi connectivity index (χ1) is 12.0. The summed E-state index contributed by atoms with van der Waals surface area (Å²) >= 11 is 0. The number of alkyl halides is 2. The minimum atomic E-state index is -3.04. The van der Waals surface area contributed by atoms with E-state index < -0.39 is 24.6 Å². The number of amides is 2. The van der Waals surface area contributed by atoms with Crippen LogP contribution >= 0.6 is 0 Å². The molecule has 132 valence electrons. The number of ether oxygens (including phenoxy) is 1. The molecule has 0 bridgehead atoms. The molecule has 0 unspecified atom stereocenters. The summed E-state index contributed by atoms with van der Waals surface area (Å²) in [5.74, 6) is -3.04. The van der Waals surface area contributed by atoms with Gasteiger partial charge in [-0.25, -0.2) is 13.6 Å². The van der Waals surface area contributed by atoms with E-state index in [1.54, 1.807) is 19.4 Å². The van der Waals surface area contributed by atoms with Crippen molar-refractivity contribution in [3.63, 3.8) is 0 Å². The van der Waals surface area contributed by atoms with Crippen LogP contribution in [0, 0.1) is 0 Å². The number of nitrogens with one attached hydrogen (secondary N) is 1. The number of nitrogens with zero attached hydrogens (tertiary/aromatic N) is 2. The van der Waals surface area contributed by atoms with Gasteiger partial charge in [-0.3, -0.25) is 4.98 Å². The van der Waals surface area contributed by atoms with Gasteiger partial charge in [-0.2, -0.15) is 0 Å². The minimum Gasteiger partial charge on any atom is -0.373 e. The van der Waals surface area contributed by atoms with Gasteiger partial charge in [0.1, 0.15) is 12.6 Å². The Morgan fingerprint density at radius 2 is 2.12 bits per heavy atom. The predicted molar refractivity (Wildman–Crippen MR) is 89.2 cm³/mol. The Labute approximate surface area is 144 Å². The van der Waals surface area contributed by atoms with Gasteiger partial charge in [-0.1, -0.05) is 30.3 Å². The Morgan fingerprint density at radius 1 is 1.36 bits per heavy atom. The lowest BCUT2D eigenvalue weighted by molar-refractivity contribution is -0.0222. The van der Waals surface area contributed by atoms with Crippen LogP contribution in [0.15, 0.2) is 48.8 Å². The third-order valence-electron chi connectivity index (χ3n) is 4.14. The number of carbonyl (C=O) groups is 1. The second-order valence-electron chi connectivity index (χ2n) is 6.03. The number of halogens is 2. The molecule has 1 aromatic carbocycles. The van der Waals surface area contributed by atoms with Crippen LogP contribution in [0.1, 0.15) is 5.56 Å². The van der Waals surface area contributed by atoms with E-state index in [0.717, 1.165) is 16.7 Å². The third kappa shape index (κ3) is 3.93. The van der Waals surface area contributed by atoms with Gasteiger partial charge < -0.3 is 15.0 Å². The van der Waals surface area contributed by atoms with Crippen LogP contribution in [0.3, 0.4) is 0 Å². The van der Waals surface area contributed by atoms with Crippen molar-refractivity contribution in [1.29, 1.82) is 0 Å². The van der Waals surface area contributed by atoms with Crippen molar-refractivity contribution in [2.75, 3.05) is 20.3 Å². The van der Waals surface area contributed by atoms with E-state index in [2.05, 4.69) is 10.3 Å². The molecule has 2 aromatic rings. The topological polar surface area (TPSA) is 54.5 Å². The number of rotatable bonds is 4. The zero-order chi connectivity index (χ0) is 17.9. The summed E-state index contributed by atoms with van der Waals surface area (Å²) in [7, 11) is 1.57. The van der Waals surface area contributed by atoms with E-state index in [-0.39, 0.29) is 13.2 Å². The molecule has 5 nitrogen and oxygen atoms in total. The van der Waals surface area contributed by atoms with E-state index in [0.29, 0.717) is 0 Å². The number of hydrogen-bond donors (Lipinski definition) is 1. The first-order valence-corrected chi connectivity index (χ1v) is 7.93. The Morgan fingerprint density at radius 3 is 2.80 bits per heavy atom. The highest BCUT2D eigenvalue weighted by molar-refractivity contribution is 5.75. The second-order valence-corrected chi connectivity index (χ2v) is 6.03. The van der Waals surface area contributed by atoms with Crippen molar-refractivity contribution in [2.45, 2.75) is 18.5 Å². The average Bonchev–Trinajstić information content (AvgIpc) is 2.94. The molecule has 2 heterocycles. The largest absolute Gasteiger partial charge is 0.373 e. The van der Waals surface area contributed by atoms with Gasteiger partial charge in [0.05, 0.1) is 6.61 Å². The van der Waals surface area contributed by atoms with Crippen LogP contribution in [-0.2, 0) is 11.3 Å². The molecule has 1 aliphatic rings. The van der Waals surface area contributed by atoms with Gasteiger partial charge in [0.15, 0.2) is 0 Å². The molecule has 2 amide bonds. The van der Waals surface area contributed by atoms with Gasteiger partial charge in [0.2, 0.25) is 0 Å². The van der Waals surface area contributed by atoms with Crippen LogP contribution in [0.2, 0.25) is 0 Å². The van der Waals surface area contributed by atoms with Gasteiger partial charge >= 0.3 is 6.03 Å². The molecule has 0 aliphatic carbocycles. The minimum absolute atomic E-state index is 0.183. The van der Waals surface area contributed by atoms with E-state index in [1.807, 2.05) is 36.4 Å². The number of pyridine rings is 1. The maximum atomic E-state index is 13.6. The molecule has 0 radical (unpaired) electrons. The normalized spacial score (nSPS) is 18.8. The number of benzene rings is 1. The molecule has 1 N–H and O–H groups in total. The van der Waals surface area contributed by atoms with E-state index in [9.17, 15) is 13.6 Å². The fourth-order valence-corrected chi connectivity index (χ4v) is 2.71. The molecule has 1 aromatic heterocycles. The highest BCUT2D eigenvalue weighted by atomic mass is 19.3. The van der Waals surface area contributed by atoms with Crippen molar-refractivity contribution in [2.24, 2.45) is 0 Å². The van der Waals surface area contributed by atoms with Crippen molar-refractivity contribution >= 4 is 6.03 Å². The maximum Gasteiger partial charge on any atom is 0.317 e. The maximum absolute atomic E-state index is 13.6. The number of urea groups is 1. The Balaban J connectivity index is 1.71. The molecular formula is C18H19F2N3O2. The van der Waals surface area contributed by atoms with Crippen LogP contribution in [0.5, 0.6) is 0 Å². The highest BCUT2D eigenvalue weighted by Gasteiger charge is 2.46. The van der Waals surface area contributed by atoms with Crippen molar-refractivity contribution in [3.8, 4) is 11.1 Å². The van der Waals surface area contributed by atoms with Crippen molar-refractivity contribution in [1.82, 2.24) is 15.2 Å². The molecular weight excluding hydrogens is 328 g/mol. The molecule has 25 heavy (non-hydrogen) atoms. The monoisotopic (exact) mass is 347 g/mol. The van der Waals surface area contributed by atoms with E-state index >= 15 is 0 Å². The molecule has 1 aliphatic heterocycles. The van der Waals surface area contributed by atoms with Gasteiger partial charge in [0.25, 0.3) is 5.92 Å². The fraction of sp³-hybridized carbons (Fsp3) is 0.333. The Bertz CT molecular complexity index is 740. The molecule has 1 saturated heterocycles. The van der Waals surface area contributed by atoms with Crippen LogP contribution < -0.4 is 5.32 Å². The molecule has 1 fully saturated rings. The van der Waals surface area contributed by atoms with E-state index in [4.69, 9.17) is 4.74 Å². The smallest absolute Gasteiger partial charge is 0.317 e. The lowest BCUT2D eigenvalue weighted by Gasteiger charge is -2.24. The summed E-state index contributed by atoms with van der Waals surface area (Å²) in [4.78, 5) is 17.8. The summed E-state index contributed by atoms with van der Waals surface area (Å²) in [6, 6.07) is 9.63. The summed E-state index contributed by atoms with van der Waals surface area (Å²) in [6.07, 6.45) is 3.38. The second kappa shape index (κ2) is 7.14. The lowest BCUT2D eigenvalue weighted by atomic mass is 10.0. The zero-order valence-electron chi connectivity index (χ0n) is 13.8. The third-order valence-corrected chi connectivity index (χ3v) is 4.14. The Kier molecular flexibility index (Phi) is 4.94. The first-order valence-electron chi connectivity index (χ1n) is 7.93. The summed E-state index contributed by atoms with van der Waals surface area (Å²) in [5, 5.41) is 2.34. The fourth-order valence-electron chi connectivity index (χ4n) is 2.71. The average molecular weight is 347 g/mol. The Hall–Kier alpha value is -2.54. The van der Waals surface area contributed by atoms with E-state index in [1.165, 1.54) is 4.90 Å². The van der Waals surface area contributed by atoms with Crippen molar-refractivity contribution < 1.29 is 18.3 Å². The summed E-state index contributed by atoms with van der Waals surface area (Å²) in [6.45, 7) is -0.570. The van der Waals surface area contributed by atoms with Gasteiger partial charge in [0, 0.05) is 31.5 Å². The molecule has 7 heteroatoms. The summed E-state index contributed by atoms with van der Waals surface area (Å²) < 4.78 is 31.9. The number of aromatic nitrogens is 1. The van der Waals surface area contributed by atoms with Crippen LogP contribution in [-0.4, -0.2) is 48.1 Å². The van der Waals surface area contributed by atoms with Crippen LogP contribution in [0.4, 0.5) is 13.6 Å². The predicted octanol–water partition coefficient (Wildman–Crippen LogP) is 2.92. The zero-order valence-corrected chi connectivity index (χ0v) is 13.8. The first kappa shape index (κ1) is 17.3. The van der Waals surface area contributed by atoms with Gasteiger partial charge in [-0.15, -0.1) is 0 Å². The number of hydrogen-bond acceptors (Lipinski definition) is 3. The van der Waals surface area contributed by atoms with Crippen molar-refractivity contribution in [3.05, 3.63) is 54.4 Å². The number of carbonyl (C=O) groups excluding carboxylic acids is 1.